The van der Waals surface area contributed by atoms with Crippen LogP contribution in [0.5, 0.6) is 5.75 Å². The lowest BCUT2D eigenvalue weighted by molar-refractivity contribution is -0.122. The lowest BCUT2D eigenvalue weighted by atomic mass is 10.2. The minimum Gasteiger partial charge on any atom is -0.479 e. The highest BCUT2D eigenvalue weighted by molar-refractivity contribution is 7.89. The monoisotopic (exact) mass is 496 g/mol. The summed E-state index contributed by atoms with van der Waals surface area (Å²) in [5.41, 5.74) is 1.09. The summed E-state index contributed by atoms with van der Waals surface area (Å²) in [6.07, 6.45) is -0.765. The number of nitrogens with one attached hydrogen (secondary N) is 2. The molecule has 9 nitrogen and oxygen atoms in total. The first-order valence-electron chi connectivity index (χ1n) is 10.2. The van der Waals surface area contributed by atoms with E-state index in [2.05, 4.69) is 10.6 Å². The number of nitrogens with zero attached hydrogens (tertiary/aromatic N) is 2. The van der Waals surface area contributed by atoms with Crippen LogP contribution in [0.25, 0.3) is 0 Å². The van der Waals surface area contributed by atoms with Gasteiger partial charge in [-0.3, -0.25) is 4.79 Å². The molecule has 2 aromatic carbocycles. The SMILES string of the molecule is Cc1ccc(NC(=O)N2CCN(S(=O)(=O)c3cc4c(cc3Cl)NC(=O)C(C)O4)CC2)cc1F. The first-order valence-corrected chi connectivity index (χ1v) is 12.0. The van der Waals surface area contributed by atoms with Gasteiger partial charge in [0.15, 0.2) is 6.10 Å². The molecule has 4 rings (SSSR count). The summed E-state index contributed by atoms with van der Waals surface area (Å²) in [7, 11) is -3.97. The molecule has 1 fully saturated rings. The molecule has 1 saturated heterocycles. The molecular formula is C21H22ClFN4O5S. The van der Waals surface area contributed by atoms with E-state index in [1.807, 2.05) is 0 Å². The van der Waals surface area contributed by atoms with Crippen molar-refractivity contribution in [2.75, 3.05) is 36.8 Å². The second kappa shape index (κ2) is 8.81. The standard InChI is InChI=1S/C21H22ClFN4O5S/c1-12-3-4-14(9-16(12)23)24-21(29)26-5-7-27(8-6-26)33(30,31)19-11-18-17(10-15(19)22)25-20(28)13(2)32-18/h3-4,9-11,13H,5-8H2,1-2H3,(H,24,29)(H,25,28). The number of benzene rings is 2. The molecule has 2 aliphatic rings. The fourth-order valence-electron chi connectivity index (χ4n) is 3.55. The maximum atomic E-state index is 13.7. The Morgan fingerprint density at radius 2 is 1.91 bits per heavy atom. The molecule has 1 atom stereocenters. The van der Waals surface area contributed by atoms with Gasteiger partial charge >= 0.3 is 6.03 Å². The van der Waals surface area contributed by atoms with E-state index in [0.29, 0.717) is 16.9 Å². The average molecular weight is 497 g/mol. The predicted molar refractivity (Wildman–Crippen MR) is 121 cm³/mol. The number of hydrogen-bond donors (Lipinski definition) is 2. The molecule has 33 heavy (non-hydrogen) atoms. The molecule has 2 aliphatic heterocycles. The van der Waals surface area contributed by atoms with Crippen LogP contribution in [0.2, 0.25) is 5.02 Å². The van der Waals surface area contributed by atoms with Crippen LogP contribution >= 0.6 is 11.6 Å². The average Bonchev–Trinajstić information content (AvgIpc) is 2.77. The molecular weight excluding hydrogens is 475 g/mol. The Balaban J connectivity index is 1.45. The van der Waals surface area contributed by atoms with Gasteiger partial charge in [-0.15, -0.1) is 0 Å². The van der Waals surface area contributed by atoms with Gasteiger partial charge in [0.2, 0.25) is 10.0 Å². The highest BCUT2D eigenvalue weighted by Crippen LogP contribution is 2.38. The van der Waals surface area contributed by atoms with Crippen molar-refractivity contribution < 1.29 is 27.1 Å². The maximum Gasteiger partial charge on any atom is 0.321 e. The summed E-state index contributed by atoms with van der Waals surface area (Å²) >= 11 is 6.22. The molecule has 1 unspecified atom stereocenters. The van der Waals surface area contributed by atoms with Crippen LogP contribution in [-0.2, 0) is 14.8 Å². The quantitative estimate of drug-likeness (QED) is 0.679. The van der Waals surface area contributed by atoms with Crippen LogP contribution in [0.15, 0.2) is 35.2 Å². The number of amides is 3. The third-order valence-corrected chi connectivity index (χ3v) is 7.90. The number of halogens is 2. The Morgan fingerprint density at radius 1 is 1.21 bits per heavy atom. The minimum absolute atomic E-state index is 0.0474. The number of piperazine rings is 1. The molecule has 0 saturated carbocycles. The van der Waals surface area contributed by atoms with E-state index in [1.165, 1.54) is 27.4 Å². The van der Waals surface area contributed by atoms with E-state index in [9.17, 15) is 22.4 Å². The Labute approximate surface area is 195 Å². The molecule has 2 N–H and O–H groups in total. The number of rotatable bonds is 3. The molecule has 2 heterocycles. The van der Waals surface area contributed by atoms with Gasteiger partial charge < -0.3 is 20.3 Å². The normalized spacial score (nSPS) is 18.8. The van der Waals surface area contributed by atoms with Gasteiger partial charge in [-0.1, -0.05) is 17.7 Å². The topological polar surface area (TPSA) is 108 Å². The van der Waals surface area contributed by atoms with Gasteiger partial charge in [0.1, 0.15) is 16.5 Å². The zero-order chi connectivity index (χ0) is 23.9. The predicted octanol–water partition coefficient (Wildman–Crippen LogP) is 3.05. The van der Waals surface area contributed by atoms with Crippen LogP contribution in [0.3, 0.4) is 0 Å². The first-order chi connectivity index (χ1) is 15.6. The smallest absolute Gasteiger partial charge is 0.321 e. The third kappa shape index (κ3) is 4.61. The lowest BCUT2D eigenvalue weighted by Gasteiger charge is -2.34. The van der Waals surface area contributed by atoms with E-state index in [-0.39, 0.29) is 47.8 Å². The van der Waals surface area contributed by atoms with E-state index < -0.39 is 28.0 Å². The van der Waals surface area contributed by atoms with Gasteiger partial charge in [-0.2, -0.15) is 4.31 Å². The van der Waals surface area contributed by atoms with Gasteiger partial charge in [0.05, 0.1) is 10.7 Å². The molecule has 12 heteroatoms. The number of fused-ring (bicyclic) bond motifs is 1. The summed E-state index contributed by atoms with van der Waals surface area (Å²) in [6.45, 7) is 3.57. The number of carbonyl (C=O) groups excluding carboxylic acids is 2. The van der Waals surface area contributed by atoms with Crippen LogP contribution in [-0.4, -0.2) is 61.8 Å². The van der Waals surface area contributed by atoms with E-state index in [0.717, 1.165) is 0 Å². The van der Waals surface area contributed by atoms with Crippen LogP contribution in [0.4, 0.5) is 20.6 Å². The van der Waals surface area contributed by atoms with Crippen molar-refractivity contribution in [3.05, 3.63) is 46.7 Å². The van der Waals surface area contributed by atoms with Gasteiger partial charge in [-0.05, 0) is 37.6 Å². The van der Waals surface area contributed by atoms with Gasteiger partial charge in [0, 0.05) is 37.9 Å². The minimum atomic E-state index is -3.97. The fraction of sp³-hybridized carbons (Fsp3) is 0.333. The lowest BCUT2D eigenvalue weighted by Crippen LogP contribution is -2.51. The molecule has 0 aromatic heterocycles. The van der Waals surface area contributed by atoms with Crippen molar-refractivity contribution in [2.24, 2.45) is 0 Å². The number of anilines is 2. The molecule has 0 bridgehead atoms. The van der Waals surface area contributed by atoms with Crippen LogP contribution < -0.4 is 15.4 Å². The summed E-state index contributed by atoms with van der Waals surface area (Å²) in [6, 6.07) is 6.59. The van der Waals surface area contributed by atoms with Crippen molar-refractivity contribution in [3.8, 4) is 5.75 Å². The van der Waals surface area contributed by atoms with Crippen LogP contribution in [0, 0.1) is 12.7 Å². The van der Waals surface area contributed by atoms with Gasteiger partial charge in [-0.25, -0.2) is 17.6 Å². The molecule has 0 radical (unpaired) electrons. The largest absolute Gasteiger partial charge is 0.479 e. The number of hydrogen-bond acceptors (Lipinski definition) is 5. The maximum absolute atomic E-state index is 13.7. The number of sulfonamides is 1. The number of carbonyl (C=O) groups is 2. The van der Waals surface area contributed by atoms with Crippen molar-refractivity contribution in [1.82, 2.24) is 9.21 Å². The highest BCUT2D eigenvalue weighted by atomic mass is 35.5. The van der Waals surface area contributed by atoms with Crippen LogP contribution in [0.1, 0.15) is 12.5 Å². The summed E-state index contributed by atoms with van der Waals surface area (Å²) in [4.78, 5) is 25.6. The Morgan fingerprint density at radius 3 is 2.58 bits per heavy atom. The molecule has 2 aromatic rings. The van der Waals surface area contributed by atoms with Crippen molar-refractivity contribution in [2.45, 2.75) is 24.8 Å². The molecule has 0 aliphatic carbocycles. The van der Waals surface area contributed by atoms with Crippen molar-refractivity contribution >= 4 is 44.9 Å². The third-order valence-electron chi connectivity index (χ3n) is 5.53. The highest BCUT2D eigenvalue weighted by Gasteiger charge is 2.34. The Hall–Kier alpha value is -2.89. The number of ether oxygens (including phenoxy) is 1. The summed E-state index contributed by atoms with van der Waals surface area (Å²) < 4.78 is 46.9. The fourth-order valence-corrected chi connectivity index (χ4v) is 5.49. The second-order valence-corrected chi connectivity index (χ2v) is 10.1. The number of aryl methyl sites for hydroxylation is 1. The van der Waals surface area contributed by atoms with E-state index in [1.54, 1.807) is 26.0 Å². The Bertz CT molecular complexity index is 1230. The number of urea groups is 1. The molecule has 176 valence electrons. The Kier molecular flexibility index (Phi) is 6.21. The summed E-state index contributed by atoms with van der Waals surface area (Å²) in [5.74, 6) is -0.561. The first kappa shape index (κ1) is 23.3. The second-order valence-electron chi connectivity index (χ2n) is 7.81. The van der Waals surface area contributed by atoms with E-state index in [4.69, 9.17) is 16.3 Å². The van der Waals surface area contributed by atoms with Crippen molar-refractivity contribution in [1.29, 1.82) is 0 Å². The molecule has 3 amide bonds. The van der Waals surface area contributed by atoms with Gasteiger partial charge in [0.25, 0.3) is 5.91 Å². The molecule has 0 spiro atoms. The van der Waals surface area contributed by atoms with E-state index >= 15 is 0 Å². The zero-order valence-corrected chi connectivity index (χ0v) is 19.5. The van der Waals surface area contributed by atoms with Crippen molar-refractivity contribution in [3.63, 3.8) is 0 Å². The summed E-state index contributed by atoms with van der Waals surface area (Å²) in [5, 5.41) is 5.20. The zero-order valence-electron chi connectivity index (χ0n) is 17.9.